The van der Waals surface area contributed by atoms with Crippen molar-refractivity contribution in [2.24, 2.45) is 18.7 Å². The summed E-state index contributed by atoms with van der Waals surface area (Å²) in [5.41, 5.74) is 8.29. The van der Waals surface area contributed by atoms with Gasteiger partial charge in [0.15, 0.2) is 5.58 Å². The van der Waals surface area contributed by atoms with Crippen molar-refractivity contribution in [3.63, 3.8) is 0 Å². The van der Waals surface area contributed by atoms with Crippen molar-refractivity contribution < 1.29 is 9.21 Å². The Morgan fingerprint density at radius 1 is 1.38 bits per heavy atom. The molecule has 1 saturated heterocycles. The van der Waals surface area contributed by atoms with Crippen LogP contribution in [-0.4, -0.2) is 38.7 Å². The minimum atomic E-state index is -0.274. The number of nitrogens with zero attached hydrogens (tertiary/aromatic N) is 4. The summed E-state index contributed by atoms with van der Waals surface area (Å²) >= 11 is 0. The van der Waals surface area contributed by atoms with Gasteiger partial charge in [0, 0.05) is 32.3 Å². The lowest BCUT2D eigenvalue weighted by atomic mass is 9.90. The molecule has 0 spiro atoms. The number of benzene rings is 1. The van der Waals surface area contributed by atoms with E-state index in [1.54, 1.807) is 4.68 Å². The van der Waals surface area contributed by atoms with Crippen molar-refractivity contribution >= 4 is 17.0 Å². The van der Waals surface area contributed by atoms with E-state index in [0.717, 1.165) is 23.2 Å². The van der Waals surface area contributed by atoms with Crippen molar-refractivity contribution in [2.75, 3.05) is 13.1 Å². The van der Waals surface area contributed by atoms with Gasteiger partial charge >= 0.3 is 0 Å². The van der Waals surface area contributed by atoms with E-state index < -0.39 is 0 Å². The molecule has 1 aliphatic heterocycles. The highest BCUT2D eigenvalue weighted by molar-refractivity contribution is 5.78. The molecule has 3 aromatic rings. The number of amides is 1. The fraction of sp³-hybridized carbons (Fsp3) is 0.353. The molecule has 4 rings (SSSR count). The Morgan fingerprint density at radius 3 is 2.92 bits per heavy atom. The van der Waals surface area contributed by atoms with Crippen LogP contribution in [0.4, 0.5) is 0 Å². The zero-order chi connectivity index (χ0) is 16.7. The molecule has 7 heteroatoms. The summed E-state index contributed by atoms with van der Waals surface area (Å²) in [5, 5.41) is 4.21. The molecule has 1 fully saturated rings. The van der Waals surface area contributed by atoms with Crippen molar-refractivity contribution in [3.8, 4) is 0 Å². The minimum absolute atomic E-state index is 0.0561. The van der Waals surface area contributed by atoms with Gasteiger partial charge in [-0.2, -0.15) is 5.10 Å². The highest BCUT2D eigenvalue weighted by atomic mass is 16.3. The molecule has 24 heavy (non-hydrogen) atoms. The quantitative estimate of drug-likeness (QED) is 0.780. The highest BCUT2D eigenvalue weighted by Gasteiger charge is 2.38. The minimum Gasteiger partial charge on any atom is -0.439 e. The van der Waals surface area contributed by atoms with E-state index >= 15 is 0 Å². The molecule has 0 unspecified atom stereocenters. The number of oxazole rings is 1. The number of carbonyl (C=O) groups is 1. The topological polar surface area (TPSA) is 90.2 Å². The molecule has 2 aromatic heterocycles. The molecule has 124 valence electrons. The number of nitrogens with two attached hydrogens (primary N) is 1. The molecule has 2 N–H and O–H groups in total. The Morgan fingerprint density at radius 2 is 2.21 bits per heavy atom. The summed E-state index contributed by atoms with van der Waals surface area (Å²) in [7, 11) is 1.87. The second kappa shape index (κ2) is 5.76. The lowest BCUT2D eigenvalue weighted by molar-refractivity contribution is -0.121. The fourth-order valence-electron chi connectivity index (χ4n) is 3.45. The molecule has 0 radical (unpaired) electrons. The van der Waals surface area contributed by atoms with Crippen molar-refractivity contribution in [3.05, 3.63) is 48.1 Å². The van der Waals surface area contributed by atoms with Crippen LogP contribution < -0.4 is 5.73 Å². The van der Waals surface area contributed by atoms with Gasteiger partial charge in [0.1, 0.15) is 5.52 Å². The fourth-order valence-corrected chi connectivity index (χ4v) is 3.45. The molecule has 7 nitrogen and oxygen atoms in total. The van der Waals surface area contributed by atoms with Gasteiger partial charge in [0.25, 0.3) is 0 Å². The van der Waals surface area contributed by atoms with Gasteiger partial charge in [0.2, 0.25) is 11.8 Å². The average Bonchev–Trinajstić information content (AvgIpc) is 3.24. The molecule has 1 amide bonds. The third-order valence-corrected chi connectivity index (χ3v) is 4.61. The van der Waals surface area contributed by atoms with E-state index in [0.29, 0.717) is 19.0 Å². The Kier molecular flexibility index (Phi) is 3.57. The van der Waals surface area contributed by atoms with Gasteiger partial charge in [-0.3, -0.25) is 14.4 Å². The number of para-hydroxylation sites is 2. The van der Waals surface area contributed by atoms with E-state index in [4.69, 9.17) is 10.2 Å². The Labute approximate surface area is 139 Å². The molecule has 1 aliphatic rings. The van der Waals surface area contributed by atoms with Gasteiger partial charge in [-0.25, -0.2) is 4.98 Å². The van der Waals surface area contributed by atoms with E-state index in [1.165, 1.54) is 0 Å². The van der Waals surface area contributed by atoms with Crippen LogP contribution in [0.25, 0.3) is 11.1 Å². The molecule has 1 aromatic carbocycles. The van der Waals surface area contributed by atoms with Crippen molar-refractivity contribution in [2.45, 2.75) is 12.5 Å². The zero-order valence-electron chi connectivity index (χ0n) is 13.4. The number of aromatic nitrogens is 3. The molecule has 0 saturated carbocycles. The first-order valence-corrected chi connectivity index (χ1v) is 7.95. The maximum Gasteiger partial charge on any atom is 0.222 e. The first-order chi connectivity index (χ1) is 11.6. The number of hydrogen-bond acceptors (Lipinski definition) is 5. The summed E-state index contributed by atoms with van der Waals surface area (Å²) in [5.74, 6) is 0.217. The van der Waals surface area contributed by atoms with Gasteiger partial charge in [-0.15, -0.1) is 0 Å². The molecule has 2 atom stereocenters. The average molecular weight is 325 g/mol. The SMILES string of the molecule is Cn1cc([C@H]2CN(Cc3nc4ccccc4o3)C[C@@H]2C(N)=O)cn1. The third kappa shape index (κ3) is 2.67. The number of hydrogen-bond donors (Lipinski definition) is 1. The van der Waals surface area contributed by atoms with Gasteiger partial charge < -0.3 is 10.2 Å². The second-order valence-corrected chi connectivity index (χ2v) is 6.33. The van der Waals surface area contributed by atoms with E-state index in [2.05, 4.69) is 15.0 Å². The van der Waals surface area contributed by atoms with E-state index in [1.807, 2.05) is 43.7 Å². The van der Waals surface area contributed by atoms with Crippen LogP contribution in [0.5, 0.6) is 0 Å². The predicted octanol–water partition coefficient (Wildman–Crippen LogP) is 1.26. The lowest BCUT2D eigenvalue weighted by Crippen LogP contribution is -2.29. The molecule has 0 bridgehead atoms. The van der Waals surface area contributed by atoms with Gasteiger partial charge in [-0.1, -0.05) is 12.1 Å². The van der Waals surface area contributed by atoms with Crippen LogP contribution in [0.2, 0.25) is 0 Å². The highest BCUT2D eigenvalue weighted by Crippen LogP contribution is 2.33. The maximum atomic E-state index is 11.9. The smallest absolute Gasteiger partial charge is 0.222 e. The third-order valence-electron chi connectivity index (χ3n) is 4.61. The van der Waals surface area contributed by atoms with Crippen LogP contribution in [-0.2, 0) is 18.4 Å². The Balaban J connectivity index is 1.55. The van der Waals surface area contributed by atoms with Crippen LogP contribution in [0.15, 0.2) is 41.1 Å². The van der Waals surface area contributed by atoms with Gasteiger partial charge in [-0.05, 0) is 17.7 Å². The standard InChI is InChI=1S/C17H19N5O2/c1-21-7-11(6-19-21)12-8-22(9-13(12)17(18)23)10-16-20-14-4-2-3-5-15(14)24-16/h2-7,12-13H,8-10H2,1H3,(H2,18,23)/t12-,13+/m1/s1. The van der Waals surface area contributed by atoms with E-state index in [-0.39, 0.29) is 17.7 Å². The first-order valence-electron chi connectivity index (χ1n) is 7.95. The predicted molar refractivity (Wildman–Crippen MR) is 87.9 cm³/mol. The summed E-state index contributed by atoms with van der Waals surface area (Å²) in [4.78, 5) is 18.5. The number of aryl methyl sites for hydroxylation is 1. The second-order valence-electron chi connectivity index (χ2n) is 6.33. The first kappa shape index (κ1) is 14.9. The number of carbonyl (C=O) groups excluding carboxylic acids is 1. The summed E-state index contributed by atoms with van der Waals surface area (Å²) in [6.07, 6.45) is 3.76. The van der Waals surface area contributed by atoms with E-state index in [9.17, 15) is 4.79 Å². The Hall–Kier alpha value is -2.67. The Bertz CT molecular complexity index is 851. The molecule has 3 heterocycles. The number of primary amides is 1. The maximum absolute atomic E-state index is 11.9. The summed E-state index contributed by atoms with van der Waals surface area (Å²) < 4.78 is 7.53. The van der Waals surface area contributed by atoms with Crippen LogP contribution in [0.3, 0.4) is 0 Å². The summed E-state index contributed by atoms with van der Waals surface area (Å²) in [6, 6.07) is 7.69. The molecular formula is C17H19N5O2. The number of fused-ring (bicyclic) bond motifs is 1. The van der Waals surface area contributed by atoms with Gasteiger partial charge in [0.05, 0.1) is 18.7 Å². The lowest BCUT2D eigenvalue weighted by Gasteiger charge is -2.13. The van der Waals surface area contributed by atoms with Crippen LogP contribution >= 0.6 is 0 Å². The van der Waals surface area contributed by atoms with Crippen molar-refractivity contribution in [1.29, 1.82) is 0 Å². The monoisotopic (exact) mass is 325 g/mol. The number of rotatable bonds is 4. The van der Waals surface area contributed by atoms with Crippen LogP contribution in [0, 0.1) is 5.92 Å². The number of likely N-dealkylation sites (tertiary alicyclic amines) is 1. The van der Waals surface area contributed by atoms with Crippen molar-refractivity contribution in [1.82, 2.24) is 19.7 Å². The molecular weight excluding hydrogens is 306 g/mol. The zero-order valence-corrected chi connectivity index (χ0v) is 13.4. The van der Waals surface area contributed by atoms with Crippen LogP contribution in [0.1, 0.15) is 17.4 Å². The normalized spacial score (nSPS) is 21.5. The largest absolute Gasteiger partial charge is 0.439 e. The summed E-state index contributed by atoms with van der Waals surface area (Å²) in [6.45, 7) is 1.90. The molecule has 0 aliphatic carbocycles.